The zero-order valence-corrected chi connectivity index (χ0v) is 36.9. The van der Waals surface area contributed by atoms with Crippen molar-refractivity contribution in [1.29, 1.82) is 0 Å². The highest BCUT2D eigenvalue weighted by atomic mass is 15.2. The summed E-state index contributed by atoms with van der Waals surface area (Å²) >= 11 is 0. The molecule has 2 aromatic heterocycles. The molecule has 0 atom stereocenters. The number of rotatable bonds is 6. The van der Waals surface area contributed by atoms with Gasteiger partial charge in [-0.2, -0.15) is 9.97 Å². The van der Waals surface area contributed by atoms with Gasteiger partial charge in [0.15, 0.2) is 11.6 Å². The first-order valence-corrected chi connectivity index (χ1v) is 23.3. The van der Waals surface area contributed by atoms with E-state index in [1.807, 2.05) is 18.2 Å². The van der Waals surface area contributed by atoms with Gasteiger partial charge in [-0.25, -0.2) is 4.98 Å². The minimum atomic E-state index is -0.493. The lowest BCUT2D eigenvalue weighted by molar-refractivity contribution is 0.794. The lowest BCUT2D eigenvalue weighted by Crippen LogP contribution is -2.25. The molecule has 0 bridgehead atoms. The maximum atomic E-state index is 5.52. The molecule has 2 heterocycles. The Bertz CT molecular complexity index is 3860. The Balaban J connectivity index is 0.00000469. The Morgan fingerprint density at radius 1 is 0.304 bits per heavy atom. The minimum absolute atomic E-state index is 0. The van der Waals surface area contributed by atoms with Crippen LogP contribution in [-0.4, -0.2) is 19.5 Å². The van der Waals surface area contributed by atoms with Crippen LogP contribution in [0.4, 0.5) is 0 Å². The maximum absolute atomic E-state index is 5.52. The highest BCUT2D eigenvalue weighted by Crippen LogP contribution is 2.64. The zero-order chi connectivity index (χ0) is 44.8. The molecule has 14 rings (SSSR count). The van der Waals surface area contributed by atoms with Crippen LogP contribution in [0.15, 0.2) is 243 Å². The second-order valence-corrected chi connectivity index (χ2v) is 17.9. The van der Waals surface area contributed by atoms with E-state index in [0.717, 1.165) is 55.2 Å². The van der Waals surface area contributed by atoms with Gasteiger partial charge in [0.05, 0.1) is 16.4 Å². The minimum Gasteiger partial charge on any atom is -0.277 e. The number of nitrogens with zero attached hydrogens (tertiary/aromatic N) is 4. The van der Waals surface area contributed by atoms with E-state index >= 15 is 0 Å². The summed E-state index contributed by atoms with van der Waals surface area (Å²) in [6.07, 6.45) is 0. The number of aromatic nitrogens is 4. The van der Waals surface area contributed by atoms with Crippen molar-refractivity contribution in [2.24, 2.45) is 0 Å². The lowest BCUT2D eigenvalue weighted by atomic mass is 9.70. The molecular formula is C65H44N4. The average Bonchev–Trinajstić information content (AvgIpc) is 4.03. The quantitative estimate of drug-likeness (QED) is 0.167. The molecule has 12 aromatic rings. The van der Waals surface area contributed by atoms with Gasteiger partial charge in [-0.3, -0.25) is 4.57 Å². The molecule has 0 radical (unpaired) electrons. The SMILES string of the molecule is C.c1ccc(-c2cc(-c3ccccc3)cc(-c3cccc(-c4nc(-c5ccccc5)nc(-n5c6ccccc6c6ccc7c(c65)-c5ccccc5C75c6ccccc6-c6ccccc65)n4)c3)c2)cc1. The van der Waals surface area contributed by atoms with Crippen LogP contribution < -0.4 is 0 Å². The van der Waals surface area contributed by atoms with E-state index < -0.39 is 5.41 Å². The van der Waals surface area contributed by atoms with Crippen molar-refractivity contribution in [2.45, 2.75) is 12.8 Å². The van der Waals surface area contributed by atoms with Crippen LogP contribution in [0.25, 0.3) is 106 Å². The highest BCUT2D eigenvalue weighted by Gasteiger charge is 2.52. The average molecular weight is 881 g/mol. The molecule has 0 saturated carbocycles. The van der Waals surface area contributed by atoms with Gasteiger partial charge in [-0.15, -0.1) is 0 Å². The van der Waals surface area contributed by atoms with Crippen molar-refractivity contribution in [3.63, 3.8) is 0 Å². The van der Waals surface area contributed by atoms with Crippen LogP contribution in [0.1, 0.15) is 29.7 Å². The van der Waals surface area contributed by atoms with E-state index in [1.54, 1.807) is 0 Å². The van der Waals surface area contributed by atoms with E-state index in [-0.39, 0.29) is 7.43 Å². The predicted molar refractivity (Wildman–Crippen MR) is 284 cm³/mol. The van der Waals surface area contributed by atoms with Crippen LogP contribution in [0, 0.1) is 0 Å². The van der Waals surface area contributed by atoms with E-state index in [4.69, 9.17) is 15.0 Å². The number of benzene rings is 10. The number of fused-ring (bicyclic) bond motifs is 14. The first-order chi connectivity index (χ1) is 33.7. The monoisotopic (exact) mass is 880 g/mol. The summed E-state index contributed by atoms with van der Waals surface area (Å²) in [5, 5.41) is 2.30. The Kier molecular flexibility index (Phi) is 9.24. The first kappa shape index (κ1) is 40.3. The molecule has 0 unspecified atom stereocenters. The van der Waals surface area contributed by atoms with Crippen molar-refractivity contribution in [2.75, 3.05) is 0 Å². The maximum Gasteiger partial charge on any atom is 0.238 e. The van der Waals surface area contributed by atoms with Gasteiger partial charge in [0, 0.05) is 27.5 Å². The predicted octanol–water partition coefficient (Wildman–Crippen LogP) is 16.3. The lowest BCUT2D eigenvalue weighted by Gasteiger charge is -2.30. The molecule has 10 aromatic carbocycles. The molecule has 2 aliphatic carbocycles. The fraction of sp³-hybridized carbons (Fsp3) is 0.0308. The molecule has 1 spiro atoms. The molecule has 0 N–H and O–H groups in total. The smallest absolute Gasteiger partial charge is 0.238 e. The third-order valence-corrected chi connectivity index (χ3v) is 14.3. The van der Waals surface area contributed by atoms with Crippen LogP contribution >= 0.6 is 0 Å². The summed E-state index contributed by atoms with van der Waals surface area (Å²) in [7, 11) is 0. The fourth-order valence-corrected chi connectivity index (χ4v) is 11.4. The van der Waals surface area contributed by atoms with Gasteiger partial charge in [0.1, 0.15) is 0 Å². The largest absolute Gasteiger partial charge is 0.277 e. The topological polar surface area (TPSA) is 43.6 Å². The van der Waals surface area contributed by atoms with E-state index in [9.17, 15) is 0 Å². The van der Waals surface area contributed by atoms with Crippen molar-refractivity contribution in [3.05, 3.63) is 265 Å². The van der Waals surface area contributed by atoms with Gasteiger partial charge in [-0.1, -0.05) is 220 Å². The summed E-state index contributed by atoms with van der Waals surface area (Å²) < 4.78 is 2.31. The molecule has 324 valence electrons. The van der Waals surface area contributed by atoms with E-state index in [2.05, 4.69) is 229 Å². The third-order valence-electron chi connectivity index (χ3n) is 14.3. The summed E-state index contributed by atoms with van der Waals surface area (Å²) in [4.78, 5) is 16.2. The molecule has 4 heteroatoms. The van der Waals surface area contributed by atoms with Crippen molar-refractivity contribution < 1.29 is 0 Å². The zero-order valence-electron chi connectivity index (χ0n) is 36.9. The van der Waals surface area contributed by atoms with Crippen LogP contribution in [0.5, 0.6) is 0 Å². The summed E-state index contributed by atoms with van der Waals surface area (Å²) in [5.74, 6) is 1.79. The molecule has 2 aliphatic rings. The molecule has 69 heavy (non-hydrogen) atoms. The highest BCUT2D eigenvalue weighted by molar-refractivity contribution is 6.16. The molecule has 4 nitrogen and oxygen atoms in total. The fourth-order valence-electron chi connectivity index (χ4n) is 11.4. The van der Waals surface area contributed by atoms with E-state index in [1.165, 1.54) is 55.6 Å². The number of hydrogen-bond acceptors (Lipinski definition) is 3. The van der Waals surface area contributed by atoms with Crippen molar-refractivity contribution in [1.82, 2.24) is 19.5 Å². The number of para-hydroxylation sites is 1. The van der Waals surface area contributed by atoms with E-state index in [0.29, 0.717) is 17.6 Å². The van der Waals surface area contributed by atoms with Crippen molar-refractivity contribution in [3.8, 4) is 84.4 Å². The third kappa shape index (κ3) is 6.05. The summed E-state index contributed by atoms with van der Waals surface area (Å²) in [6.45, 7) is 0. The second-order valence-electron chi connectivity index (χ2n) is 17.9. The van der Waals surface area contributed by atoms with Gasteiger partial charge in [0.25, 0.3) is 0 Å². The van der Waals surface area contributed by atoms with Crippen LogP contribution in [0.3, 0.4) is 0 Å². The first-order valence-electron chi connectivity index (χ1n) is 23.3. The van der Waals surface area contributed by atoms with Crippen LogP contribution in [0.2, 0.25) is 0 Å². The molecular weight excluding hydrogens is 837 g/mol. The van der Waals surface area contributed by atoms with Crippen LogP contribution in [-0.2, 0) is 5.41 Å². The Morgan fingerprint density at radius 2 is 0.754 bits per heavy atom. The number of hydrogen-bond donors (Lipinski definition) is 0. The Hall–Kier alpha value is -8.99. The molecule has 0 aliphatic heterocycles. The summed E-state index contributed by atoms with van der Waals surface area (Å²) in [6, 6.07) is 87.4. The Labute approximate surface area is 401 Å². The van der Waals surface area contributed by atoms with Crippen molar-refractivity contribution >= 4 is 21.8 Å². The molecule has 0 fully saturated rings. The van der Waals surface area contributed by atoms with Gasteiger partial charge in [0.2, 0.25) is 5.95 Å². The summed E-state index contributed by atoms with van der Waals surface area (Å²) in [5.41, 5.74) is 20.5. The molecule has 0 amide bonds. The standard InChI is InChI=1S/C64H40N4.CH4/c1-4-19-41(20-5-1)46-38-47(42-21-6-2-7-22-42)40-48(39-46)44-25-18-26-45(37-44)62-65-61(43-23-8-3-9-24-43)66-63(67-62)68-58-34-17-13-29-51(58)52-35-36-57-59(60(52)68)53-30-12-16-33-56(53)64(57)54-31-14-10-27-49(54)50-28-11-15-32-55(50)64;/h1-40H;1H4. The second kappa shape index (κ2) is 15.8. The Morgan fingerprint density at radius 3 is 1.38 bits per heavy atom. The van der Waals surface area contributed by atoms with Gasteiger partial charge in [-0.05, 0) is 103 Å². The molecule has 0 saturated heterocycles. The normalized spacial score (nSPS) is 12.6. The van der Waals surface area contributed by atoms with Gasteiger partial charge >= 0.3 is 0 Å². The van der Waals surface area contributed by atoms with Gasteiger partial charge < -0.3 is 0 Å².